The van der Waals surface area contributed by atoms with Crippen molar-refractivity contribution in [3.63, 3.8) is 0 Å². The average molecular weight is 412 g/mol. The Morgan fingerprint density at radius 1 is 0.935 bits per heavy atom. The molecule has 1 fully saturated rings. The number of ether oxygens (including phenoxy) is 1. The van der Waals surface area contributed by atoms with Gasteiger partial charge < -0.3 is 9.64 Å². The van der Waals surface area contributed by atoms with Crippen molar-refractivity contribution >= 4 is 16.6 Å². The van der Waals surface area contributed by atoms with Crippen molar-refractivity contribution in [2.75, 3.05) is 31.1 Å². The second-order valence-corrected chi connectivity index (χ2v) is 8.33. The Bertz CT molecular complexity index is 1260. The van der Waals surface area contributed by atoms with Crippen LogP contribution >= 0.6 is 0 Å². The molecule has 2 aliphatic rings. The van der Waals surface area contributed by atoms with Crippen LogP contribution in [0, 0.1) is 6.92 Å². The molecule has 31 heavy (non-hydrogen) atoms. The van der Waals surface area contributed by atoms with Crippen molar-refractivity contribution in [1.29, 1.82) is 0 Å². The zero-order chi connectivity index (χ0) is 20.8. The number of para-hydroxylation sites is 1. The van der Waals surface area contributed by atoms with Crippen molar-refractivity contribution in [3.8, 4) is 11.4 Å². The molecule has 2 aromatic carbocycles. The minimum Gasteiger partial charge on any atom is -0.483 e. The minimum absolute atomic E-state index is 0.527. The molecule has 0 N–H and O–H groups in total. The van der Waals surface area contributed by atoms with Crippen LogP contribution in [-0.4, -0.2) is 45.6 Å². The highest BCUT2D eigenvalue weighted by Gasteiger charge is 2.23. The minimum atomic E-state index is 0.527. The molecule has 0 spiro atoms. The van der Waals surface area contributed by atoms with E-state index in [1.54, 1.807) is 0 Å². The van der Waals surface area contributed by atoms with E-state index < -0.39 is 0 Å². The zero-order valence-electron chi connectivity index (χ0n) is 17.7. The van der Waals surface area contributed by atoms with Gasteiger partial charge in [-0.2, -0.15) is 0 Å². The van der Waals surface area contributed by atoms with Gasteiger partial charge in [0.05, 0.1) is 11.2 Å². The number of piperazine rings is 1. The molecule has 0 unspecified atom stereocenters. The van der Waals surface area contributed by atoms with E-state index >= 15 is 0 Å². The number of nitrogens with zero attached hydrogens (tertiary/aromatic N) is 5. The lowest BCUT2D eigenvalue weighted by atomic mass is 10.1. The van der Waals surface area contributed by atoms with Gasteiger partial charge in [0.2, 0.25) is 0 Å². The van der Waals surface area contributed by atoms with Crippen molar-refractivity contribution in [2.45, 2.75) is 20.1 Å². The fraction of sp³-hybridized carbons (Fsp3) is 0.280. The van der Waals surface area contributed by atoms with E-state index in [-0.39, 0.29) is 0 Å². The predicted octanol–water partition coefficient (Wildman–Crippen LogP) is 3.94. The van der Waals surface area contributed by atoms with Crippen LogP contribution in [0.15, 0.2) is 60.9 Å². The molecule has 2 aromatic heterocycles. The van der Waals surface area contributed by atoms with E-state index in [2.05, 4.69) is 67.9 Å². The molecule has 4 aromatic rings. The maximum absolute atomic E-state index is 6.10. The maximum atomic E-state index is 6.10. The number of imidazole rings is 1. The third-order valence-electron chi connectivity index (χ3n) is 6.35. The topological polar surface area (TPSA) is 46.4 Å². The summed E-state index contributed by atoms with van der Waals surface area (Å²) < 4.78 is 8.24. The van der Waals surface area contributed by atoms with Gasteiger partial charge in [0.15, 0.2) is 5.82 Å². The molecule has 4 heterocycles. The molecule has 2 aliphatic heterocycles. The highest BCUT2D eigenvalue weighted by atomic mass is 16.5. The van der Waals surface area contributed by atoms with Crippen LogP contribution in [0.1, 0.15) is 17.1 Å². The second kappa shape index (κ2) is 7.39. The summed E-state index contributed by atoms with van der Waals surface area (Å²) in [7, 11) is 0. The molecule has 6 heteroatoms. The number of benzene rings is 2. The Morgan fingerprint density at radius 3 is 2.68 bits per heavy atom. The quantitative estimate of drug-likeness (QED) is 0.511. The maximum Gasteiger partial charge on any atom is 0.151 e. The van der Waals surface area contributed by atoms with Crippen molar-refractivity contribution in [3.05, 3.63) is 78.0 Å². The number of anilines is 1. The Balaban J connectivity index is 1.19. The van der Waals surface area contributed by atoms with Gasteiger partial charge in [0.1, 0.15) is 12.4 Å². The number of fused-ring (bicyclic) bond motifs is 4. The van der Waals surface area contributed by atoms with Crippen molar-refractivity contribution < 1.29 is 4.74 Å². The fourth-order valence-electron chi connectivity index (χ4n) is 4.75. The fourth-order valence-corrected chi connectivity index (χ4v) is 4.75. The highest BCUT2D eigenvalue weighted by molar-refractivity contribution is 5.92. The van der Waals surface area contributed by atoms with Gasteiger partial charge in [0, 0.05) is 67.4 Å². The number of aryl methyl sites for hydroxylation is 1. The lowest BCUT2D eigenvalue weighted by Gasteiger charge is -2.37. The first-order valence-corrected chi connectivity index (χ1v) is 10.9. The summed E-state index contributed by atoms with van der Waals surface area (Å²) in [5, 5.41) is 1.24. The van der Waals surface area contributed by atoms with E-state index in [1.807, 2.05) is 19.3 Å². The summed E-state index contributed by atoms with van der Waals surface area (Å²) in [5.41, 5.74) is 5.76. The summed E-state index contributed by atoms with van der Waals surface area (Å²) in [6, 6.07) is 17.2. The lowest BCUT2D eigenvalue weighted by molar-refractivity contribution is 0.235. The molecule has 0 saturated carbocycles. The first-order valence-electron chi connectivity index (χ1n) is 10.9. The summed E-state index contributed by atoms with van der Waals surface area (Å²) in [6.45, 7) is 7.54. The van der Waals surface area contributed by atoms with Gasteiger partial charge in [-0.3, -0.25) is 14.5 Å². The van der Waals surface area contributed by atoms with E-state index in [0.29, 0.717) is 6.61 Å². The summed E-state index contributed by atoms with van der Waals surface area (Å²) in [5.74, 6) is 1.95. The summed E-state index contributed by atoms with van der Waals surface area (Å²) in [4.78, 5) is 14.1. The molecule has 0 atom stereocenters. The molecule has 1 saturated heterocycles. The Kier molecular flexibility index (Phi) is 4.39. The van der Waals surface area contributed by atoms with Crippen LogP contribution in [0.5, 0.6) is 5.75 Å². The Morgan fingerprint density at radius 2 is 1.77 bits per heavy atom. The van der Waals surface area contributed by atoms with Crippen LogP contribution in [0.4, 0.5) is 5.69 Å². The van der Waals surface area contributed by atoms with Crippen LogP contribution < -0.4 is 9.64 Å². The van der Waals surface area contributed by atoms with Crippen LogP contribution in [0.3, 0.4) is 0 Å². The van der Waals surface area contributed by atoms with Crippen LogP contribution in [0.2, 0.25) is 0 Å². The van der Waals surface area contributed by atoms with Gasteiger partial charge in [0.25, 0.3) is 0 Å². The number of hydrogen-bond donors (Lipinski definition) is 0. The molecule has 156 valence electrons. The summed E-state index contributed by atoms with van der Waals surface area (Å²) >= 11 is 0. The van der Waals surface area contributed by atoms with Crippen LogP contribution in [0.25, 0.3) is 16.6 Å². The zero-order valence-corrected chi connectivity index (χ0v) is 17.7. The van der Waals surface area contributed by atoms with Crippen molar-refractivity contribution in [2.24, 2.45) is 0 Å². The molecule has 0 aliphatic carbocycles. The first kappa shape index (κ1) is 18.4. The van der Waals surface area contributed by atoms with Gasteiger partial charge in [-0.05, 0) is 37.3 Å². The largest absolute Gasteiger partial charge is 0.483 e. The van der Waals surface area contributed by atoms with E-state index in [4.69, 9.17) is 9.72 Å². The van der Waals surface area contributed by atoms with E-state index in [1.165, 1.54) is 16.6 Å². The molecular formula is C25H25N5O. The number of pyridine rings is 1. The Hall–Kier alpha value is -3.38. The van der Waals surface area contributed by atoms with Gasteiger partial charge >= 0.3 is 0 Å². The highest BCUT2D eigenvalue weighted by Crippen LogP contribution is 2.34. The standard InChI is InChI=1S/C25H25N5O/c1-18-8-9-20-21(27-18)5-3-6-22(20)29-14-12-28(13-15-29)16-19-4-2-7-23-25(19)31-17-24-26-10-11-30(23)24/h2-11H,12-17H2,1H3. The third kappa shape index (κ3) is 3.24. The van der Waals surface area contributed by atoms with E-state index in [0.717, 1.165) is 61.2 Å². The van der Waals surface area contributed by atoms with Crippen molar-refractivity contribution in [1.82, 2.24) is 19.4 Å². The Labute approximate surface area is 181 Å². The second-order valence-electron chi connectivity index (χ2n) is 8.33. The predicted molar refractivity (Wildman–Crippen MR) is 122 cm³/mol. The molecule has 0 radical (unpaired) electrons. The molecule has 0 amide bonds. The third-order valence-corrected chi connectivity index (χ3v) is 6.35. The molecule has 6 nitrogen and oxygen atoms in total. The van der Waals surface area contributed by atoms with Gasteiger partial charge in [-0.1, -0.05) is 18.2 Å². The first-order chi connectivity index (χ1) is 15.3. The normalized spacial score (nSPS) is 16.1. The number of rotatable bonds is 3. The van der Waals surface area contributed by atoms with Gasteiger partial charge in [-0.25, -0.2) is 4.98 Å². The number of aromatic nitrogens is 3. The van der Waals surface area contributed by atoms with Gasteiger partial charge in [-0.15, -0.1) is 0 Å². The molecular weight excluding hydrogens is 386 g/mol. The smallest absolute Gasteiger partial charge is 0.151 e. The lowest BCUT2D eigenvalue weighted by Crippen LogP contribution is -2.46. The SMILES string of the molecule is Cc1ccc2c(N3CCN(Cc4cccc5c4OCc4nccn4-5)CC3)cccc2n1. The van der Waals surface area contributed by atoms with Crippen LogP contribution in [-0.2, 0) is 13.2 Å². The molecule has 6 rings (SSSR count). The monoisotopic (exact) mass is 411 g/mol. The summed E-state index contributed by atoms with van der Waals surface area (Å²) in [6.07, 6.45) is 3.85. The van der Waals surface area contributed by atoms with E-state index in [9.17, 15) is 0 Å². The average Bonchev–Trinajstić information content (AvgIpc) is 3.29. The molecule has 0 bridgehead atoms. The number of hydrogen-bond acceptors (Lipinski definition) is 5.